The van der Waals surface area contributed by atoms with Crippen molar-refractivity contribution in [3.63, 3.8) is 0 Å². The van der Waals surface area contributed by atoms with Crippen LogP contribution < -0.4 is 51.3 Å². The molecule has 4 nitrogen and oxygen atoms in total. The predicted molar refractivity (Wildman–Crippen MR) is 560 cm³/mol. The monoisotopic (exact) mass is 1700 g/mol. The highest BCUT2D eigenvalue weighted by Gasteiger charge is 2.44. The van der Waals surface area contributed by atoms with Crippen LogP contribution in [0.4, 0.5) is 34.1 Å². The third-order valence-electron chi connectivity index (χ3n) is 27.7. The van der Waals surface area contributed by atoms with Crippen LogP contribution in [0.3, 0.4) is 0 Å². The Morgan fingerprint density at radius 2 is 0.454 bits per heavy atom. The zero-order chi connectivity index (χ0) is 88.2. The molecule has 0 saturated heterocycles. The normalized spacial score (nSPS) is 12.1. The van der Waals surface area contributed by atoms with Crippen LogP contribution in [0.15, 0.2) is 421 Å². The maximum Gasteiger partial charge on any atom is 0.179 e. The fourth-order valence-electron chi connectivity index (χ4n) is 21.0. The van der Waals surface area contributed by atoms with E-state index in [0.717, 1.165) is 100 Å². The van der Waals surface area contributed by atoms with Crippen LogP contribution in [-0.4, -0.2) is 16.1 Å². The fourth-order valence-corrected chi connectivity index (χ4v) is 30.4. The number of benzene rings is 20. The molecule has 130 heavy (non-hydrogen) atoms. The van der Waals surface area contributed by atoms with Crippen LogP contribution in [0, 0.1) is 41.5 Å². The molecule has 0 bridgehead atoms. The van der Waals surface area contributed by atoms with E-state index in [4.69, 9.17) is 8.83 Å². The van der Waals surface area contributed by atoms with Gasteiger partial charge in [0, 0.05) is 67.8 Å². The summed E-state index contributed by atoms with van der Waals surface area (Å²) in [6.07, 6.45) is 0. The summed E-state index contributed by atoms with van der Waals surface area (Å²) in [7, 11) is -5.71. The summed E-state index contributed by atoms with van der Waals surface area (Å²) in [5.41, 5.74) is 29.2. The Bertz CT molecular complexity index is 7330. The number of aryl methyl sites for hydroxylation is 6. The highest BCUT2D eigenvalue weighted by Crippen LogP contribution is 2.50. The number of anilines is 6. The molecule has 20 aromatic carbocycles. The summed E-state index contributed by atoms with van der Waals surface area (Å²) in [6, 6.07) is 157. The molecule has 2 aromatic heterocycles. The first-order chi connectivity index (χ1) is 63.5. The molecule has 22 rings (SSSR count). The van der Waals surface area contributed by atoms with Crippen LogP contribution in [0.5, 0.6) is 0 Å². The zero-order valence-electron chi connectivity index (χ0n) is 75.1. The average Bonchev–Trinajstić information content (AvgIpc) is 0.905. The summed E-state index contributed by atoms with van der Waals surface area (Å²) in [4.78, 5) is 4.78. The maximum absolute atomic E-state index is 6.68. The third kappa shape index (κ3) is 14.0. The molecular weight excluding hydrogens is 1610 g/mol. The number of hydrogen-bond donors (Lipinski definition) is 0. The quantitative estimate of drug-likeness (QED) is 0.0433. The van der Waals surface area contributed by atoms with E-state index < -0.39 is 16.1 Å². The summed E-state index contributed by atoms with van der Waals surface area (Å²) in [5, 5.41) is 23.0. The Kier molecular flexibility index (Phi) is 20.4. The highest BCUT2D eigenvalue weighted by atomic mass is 28.3. The Morgan fingerprint density at radius 3 is 0.754 bits per heavy atom. The Hall–Kier alpha value is -14.9. The molecule has 0 aliphatic rings. The second kappa shape index (κ2) is 32.7. The highest BCUT2D eigenvalue weighted by molar-refractivity contribution is 7.20. The molecule has 0 amide bonds. The molecule has 0 unspecified atom stereocenters. The lowest BCUT2D eigenvalue weighted by Gasteiger charge is -2.35. The Morgan fingerprint density at radius 1 is 0.192 bits per heavy atom. The van der Waals surface area contributed by atoms with Crippen molar-refractivity contribution >= 4 is 168 Å². The molecular formula is C124H100N2O2Si2. The van der Waals surface area contributed by atoms with Crippen molar-refractivity contribution in [2.75, 3.05) is 9.80 Å². The summed E-state index contributed by atoms with van der Waals surface area (Å²) >= 11 is 0. The number of hydrogen-bond acceptors (Lipinski definition) is 4. The van der Waals surface area contributed by atoms with Crippen LogP contribution in [0.25, 0.3) is 121 Å². The van der Waals surface area contributed by atoms with Gasteiger partial charge in [-0.2, -0.15) is 0 Å². The van der Waals surface area contributed by atoms with Crippen LogP contribution in [0.2, 0.25) is 0 Å². The van der Waals surface area contributed by atoms with E-state index in [1.807, 2.05) is 12.1 Å². The molecule has 0 aliphatic heterocycles. The van der Waals surface area contributed by atoms with Crippen molar-refractivity contribution in [2.45, 2.75) is 81.1 Å². The van der Waals surface area contributed by atoms with Gasteiger partial charge in [-0.15, -0.1) is 0 Å². The van der Waals surface area contributed by atoms with E-state index in [2.05, 4.69) is 479 Å². The van der Waals surface area contributed by atoms with Crippen molar-refractivity contribution in [1.29, 1.82) is 0 Å². The van der Waals surface area contributed by atoms with E-state index >= 15 is 0 Å². The van der Waals surface area contributed by atoms with Crippen molar-refractivity contribution in [3.05, 3.63) is 457 Å². The van der Waals surface area contributed by atoms with Crippen LogP contribution in [-0.2, 0) is 0 Å². The minimum atomic E-state index is -2.86. The zero-order valence-corrected chi connectivity index (χ0v) is 77.1. The average molecular weight is 1710 g/mol. The van der Waals surface area contributed by atoms with Crippen molar-refractivity contribution in [1.82, 2.24) is 0 Å². The van der Waals surface area contributed by atoms with E-state index in [0.29, 0.717) is 0 Å². The summed E-state index contributed by atoms with van der Waals surface area (Å²) in [6.45, 7) is 22.5. The third-order valence-corrected chi connectivity index (χ3v) is 37.3. The molecule has 2 heterocycles. The number of rotatable bonds is 20. The van der Waals surface area contributed by atoms with Gasteiger partial charge in [-0.05, 0) is 280 Å². The van der Waals surface area contributed by atoms with Gasteiger partial charge in [0.15, 0.2) is 16.1 Å². The molecule has 22 aromatic rings. The molecule has 0 spiro atoms. The largest absolute Gasteiger partial charge is 0.456 e. The van der Waals surface area contributed by atoms with Gasteiger partial charge in [0.1, 0.15) is 22.3 Å². The summed E-state index contributed by atoms with van der Waals surface area (Å²) < 4.78 is 13.4. The van der Waals surface area contributed by atoms with Crippen LogP contribution >= 0.6 is 0 Å². The van der Waals surface area contributed by atoms with E-state index in [-0.39, 0.29) is 11.8 Å². The minimum absolute atomic E-state index is 0.246. The van der Waals surface area contributed by atoms with E-state index in [9.17, 15) is 0 Å². The first kappa shape index (κ1) is 80.9. The van der Waals surface area contributed by atoms with Crippen molar-refractivity contribution in [3.8, 4) is 44.5 Å². The number of furan rings is 2. The fraction of sp³-hybridized carbons (Fsp3) is 0.0968. The van der Waals surface area contributed by atoms with Crippen molar-refractivity contribution < 1.29 is 8.83 Å². The SMILES string of the molecule is Cc1ccc([Si](c2ccc(C)cc2)(c2ccc(C)cc2)c2cccc(-c3ccc(N(c4ccc(-c5cc(C(C)C)c6ccc7c(-c8ccc(N(c9ccc(-c%10cccc([Si](c%11ccc(C)cc%11)(c%11ccc(C)cc%11)c%11ccc(C)cc%11)c%10)cc9)c9ccc%10c(c9)oc9ccccc9%10)cc8)cc(C(C)C)c8ccc5c6c78)cc4)c4ccc5c(c4)oc4ccccc45)cc3)c2)cc1. The number of para-hydroxylation sites is 2. The molecule has 626 valence electrons. The summed E-state index contributed by atoms with van der Waals surface area (Å²) in [5.74, 6) is 0.491. The Balaban J connectivity index is 0.632. The van der Waals surface area contributed by atoms with Gasteiger partial charge in [-0.3, -0.25) is 0 Å². The Labute approximate surface area is 763 Å². The molecule has 6 heteroatoms. The molecule has 0 N–H and O–H groups in total. The second-order valence-corrected chi connectivity index (χ2v) is 44.3. The molecule has 0 aliphatic carbocycles. The minimum Gasteiger partial charge on any atom is -0.456 e. The first-order valence-corrected chi connectivity index (χ1v) is 49.8. The van der Waals surface area contributed by atoms with Gasteiger partial charge in [0.25, 0.3) is 0 Å². The van der Waals surface area contributed by atoms with E-state index in [1.165, 1.54) is 141 Å². The van der Waals surface area contributed by atoms with Gasteiger partial charge in [-0.1, -0.05) is 364 Å². The lowest BCUT2D eigenvalue weighted by atomic mass is 9.81. The topological polar surface area (TPSA) is 32.8 Å². The molecule has 0 atom stereocenters. The smallest absolute Gasteiger partial charge is 0.179 e. The van der Waals surface area contributed by atoms with E-state index in [1.54, 1.807) is 0 Å². The lowest BCUT2D eigenvalue weighted by molar-refractivity contribution is 0.668. The second-order valence-electron chi connectivity index (χ2n) is 36.7. The standard InChI is InChI=1S/C124H100N2O2Si2/c1-79(2)115-77-117(89-41-49-95(50-42-89)125(97-53-67-109-107-21-11-13-23-119(107)127-121(109)75-97)93-45-37-87(38-46-93)91-17-15-19-105(73-91)129(99-55-25-81(5)26-56-99,100-57-27-82(6)28-58-100)101-59-29-83(7)30-60-101)113-72-70-112-116(80(3)4)78-118(114-71-69-111(115)123(113)124(112)114)90-43-51-96(52-44-90)126(98-54-68-110-108-22-12-14-24-120(108)128-122(110)76-98)94-47-39-88(40-48-94)92-18-16-20-106(74-92)130(102-61-31-84(8)32-62-102,103-63-33-85(9)34-64-103)104-65-35-86(10)36-66-104/h11-80H,1-10H3. The lowest BCUT2D eigenvalue weighted by Crippen LogP contribution is -2.74. The number of nitrogens with zero attached hydrogens (tertiary/aromatic N) is 2. The predicted octanol–water partition coefficient (Wildman–Crippen LogP) is 28.8. The molecule has 0 fully saturated rings. The van der Waals surface area contributed by atoms with Gasteiger partial charge >= 0.3 is 0 Å². The molecule has 0 saturated carbocycles. The number of fused-ring (bicyclic) bond motifs is 6. The maximum atomic E-state index is 6.68. The van der Waals surface area contributed by atoms with Gasteiger partial charge < -0.3 is 18.6 Å². The molecule has 0 radical (unpaired) electrons. The van der Waals surface area contributed by atoms with Gasteiger partial charge in [0.05, 0.1) is 0 Å². The first-order valence-electron chi connectivity index (χ1n) is 45.8. The van der Waals surface area contributed by atoms with Crippen LogP contribution in [0.1, 0.15) is 84.0 Å². The van der Waals surface area contributed by atoms with Gasteiger partial charge in [0.2, 0.25) is 0 Å². The van der Waals surface area contributed by atoms with Gasteiger partial charge in [-0.25, -0.2) is 0 Å². The van der Waals surface area contributed by atoms with Crippen molar-refractivity contribution in [2.24, 2.45) is 0 Å².